The molecular formula is C13H15BrClN. The van der Waals surface area contributed by atoms with Crippen molar-refractivity contribution in [1.29, 1.82) is 0 Å². The minimum Gasteiger partial charge on any atom is -0.316 e. The lowest BCUT2D eigenvalue weighted by atomic mass is 10.0. The van der Waals surface area contributed by atoms with E-state index in [1.807, 2.05) is 12.1 Å². The molecule has 3 heteroatoms. The molecule has 86 valence electrons. The zero-order valence-corrected chi connectivity index (χ0v) is 11.4. The second-order valence-electron chi connectivity index (χ2n) is 4.07. The van der Waals surface area contributed by atoms with Gasteiger partial charge in [0.2, 0.25) is 0 Å². The molecule has 1 aliphatic rings. The van der Waals surface area contributed by atoms with E-state index in [9.17, 15) is 0 Å². The van der Waals surface area contributed by atoms with E-state index in [1.54, 1.807) is 0 Å². The maximum atomic E-state index is 6.20. The van der Waals surface area contributed by atoms with Crippen LogP contribution in [0.15, 0.2) is 28.2 Å². The smallest absolute Gasteiger partial charge is 0.0489 e. The summed E-state index contributed by atoms with van der Waals surface area (Å²) in [5, 5.41) is 4.22. The molecule has 1 aromatic rings. The van der Waals surface area contributed by atoms with Crippen molar-refractivity contribution in [3.8, 4) is 0 Å². The highest BCUT2D eigenvalue weighted by Crippen LogP contribution is 2.25. The van der Waals surface area contributed by atoms with Crippen molar-refractivity contribution in [2.45, 2.75) is 19.3 Å². The van der Waals surface area contributed by atoms with E-state index in [0.717, 1.165) is 34.6 Å². The van der Waals surface area contributed by atoms with E-state index in [-0.39, 0.29) is 0 Å². The third-order valence-corrected chi connectivity index (χ3v) is 3.62. The molecule has 0 saturated carbocycles. The quantitative estimate of drug-likeness (QED) is 0.817. The van der Waals surface area contributed by atoms with Crippen LogP contribution in [0.1, 0.15) is 24.8 Å². The van der Waals surface area contributed by atoms with Crippen molar-refractivity contribution < 1.29 is 0 Å². The molecule has 0 bridgehead atoms. The van der Waals surface area contributed by atoms with Crippen molar-refractivity contribution in [2.24, 2.45) is 0 Å². The first-order chi connectivity index (χ1) is 7.75. The first-order valence-electron chi connectivity index (χ1n) is 5.61. The molecule has 0 aliphatic carbocycles. The van der Waals surface area contributed by atoms with Gasteiger partial charge in [0.05, 0.1) is 0 Å². The zero-order chi connectivity index (χ0) is 11.4. The summed E-state index contributed by atoms with van der Waals surface area (Å²) in [5.74, 6) is 0. The van der Waals surface area contributed by atoms with E-state index in [1.165, 1.54) is 18.4 Å². The Kier molecular flexibility index (Phi) is 4.45. The van der Waals surface area contributed by atoms with Gasteiger partial charge in [-0.3, -0.25) is 0 Å². The van der Waals surface area contributed by atoms with Crippen LogP contribution in [0.5, 0.6) is 0 Å². The van der Waals surface area contributed by atoms with Gasteiger partial charge < -0.3 is 5.32 Å². The summed E-state index contributed by atoms with van der Waals surface area (Å²) in [6.45, 7) is 2.21. The van der Waals surface area contributed by atoms with E-state index in [2.05, 4.69) is 33.4 Å². The highest BCUT2D eigenvalue weighted by molar-refractivity contribution is 9.10. The van der Waals surface area contributed by atoms with Crippen LogP contribution in [0.4, 0.5) is 0 Å². The molecule has 0 radical (unpaired) electrons. The molecule has 0 aromatic heterocycles. The number of benzene rings is 1. The average molecular weight is 301 g/mol. The van der Waals surface area contributed by atoms with E-state index >= 15 is 0 Å². The Morgan fingerprint density at radius 3 is 2.94 bits per heavy atom. The Morgan fingerprint density at radius 1 is 1.25 bits per heavy atom. The summed E-state index contributed by atoms with van der Waals surface area (Å²) in [7, 11) is 0. The molecule has 1 nitrogen and oxygen atoms in total. The van der Waals surface area contributed by atoms with Gasteiger partial charge in [0, 0.05) is 9.50 Å². The lowest BCUT2D eigenvalue weighted by molar-refractivity contribution is 0.703. The number of nitrogens with one attached hydrogen (secondary N) is 1. The van der Waals surface area contributed by atoms with Crippen LogP contribution in [-0.4, -0.2) is 13.1 Å². The average Bonchev–Trinajstić information content (AvgIpc) is 2.51. The van der Waals surface area contributed by atoms with Gasteiger partial charge in [-0.2, -0.15) is 0 Å². The van der Waals surface area contributed by atoms with E-state index < -0.39 is 0 Å². The van der Waals surface area contributed by atoms with Gasteiger partial charge in [0.1, 0.15) is 0 Å². The molecule has 1 aromatic carbocycles. The third-order valence-electron chi connectivity index (χ3n) is 2.80. The van der Waals surface area contributed by atoms with Crippen molar-refractivity contribution in [2.75, 3.05) is 13.1 Å². The lowest BCUT2D eigenvalue weighted by Crippen LogP contribution is -2.13. The standard InChI is InChI=1S/C13H15BrClN/c14-12-4-3-11(13(15)9-12)8-10-2-1-6-16-7-5-10/h3-4,8-9,16H,1-2,5-7H2/b10-8-. The first kappa shape index (κ1) is 12.2. The number of halogens is 2. The summed E-state index contributed by atoms with van der Waals surface area (Å²) in [6.07, 6.45) is 5.77. The van der Waals surface area contributed by atoms with Gasteiger partial charge in [-0.15, -0.1) is 0 Å². The maximum absolute atomic E-state index is 6.20. The fourth-order valence-corrected chi connectivity index (χ4v) is 2.65. The van der Waals surface area contributed by atoms with E-state index in [4.69, 9.17) is 11.6 Å². The number of hydrogen-bond donors (Lipinski definition) is 1. The Labute approximate surface area is 110 Å². The minimum atomic E-state index is 0.819. The van der Waals surface area contributed by atoms with Gasteiger partial charge in [0.25, 0.3) is 0 Å². The van der Waals surface area contributed by atoms with Gasteiger partial charge in [-0.25, -0.2) is 0 Å². The summed E-state index contributed by atoms with van der Waals surface area (Å²) >= 11 is 9.62. The van der Waals surface area contributed by atoms with Gasteiger partial charge in [-0.05, 0) is 50.0 Å². The topological polar surface area (TPSA) is 12.0 Å². The van der Waals surface area contributed by atoms with Crippen LogP contribution in [0, 0.1) is 0 Å². The van der Waals surface area contributed by atoms with Crippen LogP contribution < -0.4 is 5.32 Å². The summed E-state index contributed by atoms with van der Waals surface area (Å²) in [6, 6.07) is 6.05. The Bertz CT molecular complexity index is 391. The molecule has 0 amide bonds. The molecule has 1 N–H and O–H groups in total. The maximum Gasteiger partial charge on any atom is 0.0489 e. The molecule has 1 aliphatic heterocycles. The Hall–Kier alpha value is -0.310. The van der Waals surface area contributed by atoms with Crippen LogP contribution >= 0.6 is 27.5 Å². The fourth-order valence-electron chi connectivity index (χ4n) is 1.92. The normalized spacial score (nSPS) is 19.8. The Balaban J connectivity index is 2.20. The van der Waals surface area contributed by atoms with Crippen LogP contribution in [-0.2, 0) is 0 Å². The van der Waals surface area contributed by atoms with Crippen molar-refractivity contribution >= 4 is 33.6 Å². The highest BCUT2D eigenvalue weighted by Gasteiger charge is 2.05. The van der Waals surface area contributed by atoms with Gasteiger partial charge in [-0.1, -0.05) is 45.2 Å². The second-order valence-corrected chi connectivity index (χ2v) is 5.39. The van der Waals surface area contributed by atoms with Crippen molar-refractivity contribution in [3.63, 3.8) is 0 Å². The molecule has 0 atom stereocenters. The number of rotatable bonds is 1. The minimum absolute atomic E-state index is 0.819. The number of hydrogen-bond acceptors (Lipinski definition) is 1. The molecule has 1 saturated heterocycles. The van der Waals surface area contributed by atoms with Crippen molar-refractivity contribution in [1.82, 2.24) is 5.32 Å². The van der Waals surface area contributed by atoms with Crippen molar-refractivity contribution in [3.05, 3.63) is 38.8 Å². The van der Waals surface area contributed by atoms with Gasteiger partial charge in [0.15, 0.2) is 0 Å². The summed E-state index contributed by atoms with van der Waals surface area (Å²) in [5.41, 5.74) is 2.62. The van der Waals surface area contributed by atoms with Crippen LogP contribution in [0.3, 0.4) is 0 Å². The molecular weight excluding hydrogens is 286 g/mol. The zero-order valence-electron chi connectivity index (χ0n) is 9.10. The molecule has 0 unspecified atom stereocenters. The predicted molar refractivity (Wildman–Crippen MR) is 73.8 cm³/mol. The fraction of sp³-hybridized carbons (Fsp3) is 0.385. The van der Waals surface area contributed by atoms with Crippen LogP contribution in [0.25, 0.3) is 6.08 Å². The second kappa shape index (κ2) is 5.85. The Morgan fingerprint density at radius 2 is 2.12 bits per heavy atom. The highest BCUT2D eigenvalue weighted by atomic mass is 79.9. The van der Waals surface area contributed by atoms with Crippen LogP contribution in [0.2, 0.25) is 5.02 Å². The third kappa shape index (κ3) is 3.34. The lowest BCUT2D eigenvalue weighted by Gasteiger charge is -2.04. The SMILES string of the molecule is Clc1cc(Br)ccc1/C=C1/CCCNCC1. The molecule has 0 spiro atoms. The molecule has 1 heterocycles. The first-order valence-corrected chi connectivity index (χ1v) is 6.78. The molecule has 2 rings (SSSR count). The molecule has 1 fully saturated rings. The summed E-state index contributed by atoms with van der Waals surface area (Å²) < 4.78 is 1.03. The summed E-state index contributed by atoms with van der Waals surface area (Å²) in [4.78, 5) is 0. The van der Waals surface area contributed by atoms with Gasteiger partial charge >= 0.3 is 0 Å². The monoisotopic (exact) mass is 299 g/mol. The largest absolute Gasteiger partial charge is 0.316 e. The van der Waals surface area contributed by atoms with E-state index in [0.29, 0.717) is 0 Å². The molecule has 16 heavy (non-hydrogen) atoms. The predicted octanol–water partition coefficient (Wildman–Crippen LogP) is 4.26.